The predicted octanol–water partition coefficient (Wildman–Crippen LogP) is 3.80. The molecule has 33 heavy (non-hydrogen) atoms. The van der Waals surface area contributed by atoms with Crippen molar-refractivity contribution in [1.82, 2.24) is 15.3 Å². The maximum absolute atomic E-state index is 14.3. The van der Waals surface area contributed by atoms with Gasteiger partial charge in [0.25, 0.3) is 5.91 Å². The summed E-state index contributed by atoms with van der Waals surface area (Å²) in [6.45, 7) is 3.16. The molecule has 0 saturated heterocycles. The average Bonchev–Trinajstić information content (AvgIpc) is 2.85. The van der Waals surface area contributed by atoms with E-state index in [4.69, 9.17) is 16.3 Å². The molecule has 1 aromatic carbocycles. The highest BCUT2D eigenvalue weighted by Gasteiger charge is 2.18. The third kappa shape index (κ3) is 6.61. The van der Waals surface area contributed by atoms with Gasteiger partial charge in [0, 0.05) is 23.0 Å². The van der Waals surface area contributed by atoms with Crippen molar-refractivity contribution in [2.45, 2.75) is 19.9 Å². The highest BCUT2D eigenvalue weighted by atomic mass is 35.5. The van der Waals surface area contributed by atoms with Gasteiger partial charge in [-0.3, -0.25) is 14.8 Å². The second-order valence-electron chi connectivity index (χ2n) is 6.48. The number of aliphatic hydroxyl groups excluding tert-OH is 2. The van der Waals surface area contributed by atoms with Gasteiger partial charge < -0.3 is 25.6 Å². The third-order valence-corrected chi connectivity index (χ3v) is 4.64. The number of nitrogens with zero attached hydrogens (tertiary/aromatic N) is 2. The number of hydrogen-bond donors (Lipinski definition) is 4. The van der Waals surface area contributed by atoms with Crippen LogP contribution >= 0.6 is 11.6 Å². The Labute approximate surface area is 196 Å². The molecule has 176 valence electrons. The Bertz CT molecular complexity index is 1080. The summed E-state index contributed by atoms with van der Waals surface area (Å²) in [5.41, 5.74) is 1.49. The molecule has 4 N–H and O–H groups in total. The van der Waals surface area contributed by atoms with E-state index >= 15 is 0 Å². The normalized spacial score (nSPS) is 10.3. The molecule has 10 heteroatoms. The average molecular weight is 477 g/mol. The number of methoxy groups -OCH3 is 1. The molecule has 8 nitrogen and oxygen atoms in total. The zero-order chi connectivity index (χ0) is 24.4. The van der Waals surface area contributed by atoms with Crippen molar-refractivity contribution < 1.29 is 24.1 Å². The maximum atomic E-state index is 14.3. The van der Waals surface area contributed by atoms with Crippen molar-refractivity contribution in [3.05, 3.63) is 65.3 Å². The van der Waals surface area contributed by atoms with E-state index in [-0.39, 0.29) is 11.1 Å². The van der Waals surface area contributed by atoms with Crippen LogP contribution in [0.2, 0.25) is 5.02 Å². The molecule has 0 saturated carbocycles. The van der Waals surface area contributed by atoms with Gasteiger partial charge in [0.1, 0.15) is 5.82 Å². The van der Waals surface area contributed by atoms with E-state index in [2.05, 4.69) is 20.6 Å². The van der Waals surface area contributed by atoms with Crippen molar-refractivity contribution in [2.24, 2.45) is 0 Å². The second kappa shape index (κ2) is 12.7. The van der Waals surface area contributed by atoms with Gasteiger partial charge in [-0.2, -0.15) is 0 Å². The van der Waals surface area contributed by atoms with Crippen molar-refractivity contribution in [2.75, 3.05) is 25.6 Å². The monoisotopic (exact) mass is 476 g/mol. The number of benzene rings is 1. The maximum Gasteiger partial charge on any atom is 0.255 e. The molecule has 0 unspecified atom stereocenters. The van der Waals surface area contributed by atoms with Crippen LogP contribution in [0.5, 0.6) is 5.75 Å². The number of nitrogens with one attached hydrogen (secondary N) is 2. The smallest absolute Gasteiger partial charge is 0.255 e. The van der Waals surface area contributed by atoms with Crippen LogP contribution in [0.3, 0.4) is 0 Å². The Hall–Kier alpha value is -3.27. The van der Waals surface area contributed by atoms with Gasteiger partial charge in [0.05, 0.1) is 55.2 Å². The first-order chi connectivity index (χ1) is 16.0. The summed E-state index contributed by atoms with van der Waals surface area (Å²) in [5, 5.41) is 24.4. The molecule has 1 amide bonds. The van der Waals surface area contributed by atoms with Gasteiger partial charge in [-0.05, 0) is 30.3 Å². The lowest BCUT2D eigenvalue weighted by atomic mass is 10.1. The number of aromatic nitrogens is 2. The molecule has 0 bridgehead atoms. The SMILES string of the molecule is CC.COc1cnc(-c2cc(Cl)ccc2F)cc1Nc1ccncc1C(=O)NC(CO)CO. The van der Waals surface area contributed by atoms with E-state index in [1.165, 1.54) is 43.9 Å². The van der Waals surface area contributed by atoms with Crippen LogP contribution in [-0.2, 0) is 0 Å². The molecular formula is C23H26ClFN4O4. The Morgan fingerprint density at radius 2 is 1.88 bits per heavy atom. The lowest BCUT2D eigenvalue weighted by molar-refractivity contribution is 0.0880. The van der Waals surface area contributed by atoms with Crippen LogP contribution in [0, 0.1) is 5.82 Å². The van der Waals surface area contributed by atoms with Crippen molar-refractivity contribution >= 4 is 28.9 Å². The van der Waals surface area contributed by atoms with E-state index in [0.717, 1.165) is 0 Å². The number of pyridine rings is 2. The van der Waals surface area contributed by atoms with Gasteiger partial charge in [0.15, 0.2) is 5.75 Å². The van der Waals surface area contributed by atoms with Crippen LogP contribution < -0.4 is 15.4 Å². The Morgan fingerprint density at radius 3 is 2.55 bits per heavy atom. The summed E-state index contributed by atoms with van der Waals surface area (Å²) in [6.07, 6.45) is 4.25. The van der Waals surface area contributed by atoms with E-state index in [1.807, 2.05) is 13.8 Å². The molecule has 3 aromatic rings. The number of amides is 1. The molecule has 3 rings (SSSR count). The molecule has 0 atom stereocenters. The largest absolute Gasteiger partial charge is 0.493 e. The zero-order valence-corrected chi connectivity index (χ0v) is 19.2. The lowest BCUT2D eigenvalue weighted by Crippen LogP contribution is -2.40. The minimum Gasteiger partial charge on any atom is -0.493 e. The minimum atomic E-state index is -0.812. The summed E-state index contributed by atoms with van der Waals surface area (Å²) in [7, 11) is 1.45. The highest BCUT2D eigenvalue weighted by Crippen LogP contribution is 2.33. The number of halogens is 2. The van der Waals surface area contributed by atoms with Gasteiger partial charge in [-0.1, -0.05) is 25.4 Å². The second-order valence-corrected chi connectivity index (χ2v) is 6.91. The number of ether oxygens (including phenoxy) is 1. The summed E-state index contributed by atoms with van der Waals surface area (Å²) in [5.74, 6) is -0.674. The number of hydrogen-bond acceptors (Lipinski definition) is 7. The molecule has 0 aliphatic heterocycles. The van der Waals surface area contributed by atoms with E-state index in [9.17, 15) is 19.4 Å². The van der Waals surface area contributed by atoms with Crippen molar-refractivity contribution in [1.29, 1.82) is 0 Å². The Balaban J connectivity index is 0.00000187. The first-order valence-electron chi connectivity index (χ1n) is 10.2. The lowest BCUT2D eigenvalue weighted by Gasteiger charge is -2.17. The van der Waals surface area contributed by atoms with Crippen molar-refractivity contribution in [3.63, 3.8) is 0 Å². The van der Waals surface area contributed by atoms with E-state index < -0.39 is 31.0 Å². The Kier molecular flexibility index (Phi) is 9.99. The molecule has 2 aromatic heterocycles. The number of carbonyl (C=O) groups excluding carboxylic acids is 1. The number of aliphatic hydroxyl groups is 2. The third-order valence-electron chi connectivity index (χ3n) is 4.40. The first-order valence-corrected chi connectivity index (χ1v) is 10.6. The summed E-state index contributed by atoms with van der Waals surface area (Å²) >= 11 is 5.99. The summed E-state index contributed by atoms with van der Waals surface area (Å²) < 4.78 is 19.6. The van der Waals surface area contributed by atoms with E-state index in [0.29, 0.717) is 27.8 Å². The molecule has 0 fully saturated rings. The molecule has 2 heterocycles. The van der Waals surface area contributed by atoms with Crippen LogP contribution in [0.15, 0.2) is 48.9 Å². The van der Waals surface area contributed by atoms with Gasteiger partial charge >= 0.3 is 0 Å². The highest BCUT2D eigenvalue weighted by molar-refractivity contribution is 6.30. The van der Waals surface area contributed by atoms with Gasteiger partial charge in [-0.25, -0.2) is 4.39 Å². The quantitative estimate of drug-likeness (QED) is 0.390. The summed E-state index contributed by atoms with van der Waals surface area (Å²) in [6, 6.07) is 6.48. The van der Waals surface area contributed by atoms with Crippen LogP contribution in [0.4, 0.5) is 15.8 Å². The van der Waals surface area contributed by atoms with Crippen LogP contribution in [-0.4, -0.2) is 52.5 Å². The van der Waals surface area contributed by atoms with E-state index in [1.54, 1.807) is 12.1 Å². The predicted molar refractivity (Wildman–Crippen MR) is 125 cm³/mol. The molecule has 0 aliphatic carbocycles. The number of rotatable bonds is 8. The fraction of sp³-hybridized carbons (Fsp3) is 0.261. The zero-order valence-electron chi connectivity index (χ0n) is 18.5. The molecular weight excluding hydrogens is 451 g/mol. The van der Waals surface area contributed by atoms with Crippen LogP contribution in [0.1, 0.15) is 24.2 Å². The molecule has 0 radical (unpaired) electrons. The first kappa shape index (κ1) is 26.0. The summed E-state index contributed by atoms with van der Waals surface area (Å²) in [4.78, 5) is 20.8. The molecule has 0 aliphatic rings. The number of anilines is 2. The fourth-order valence-corrected chi connectivity index (χ4v) is 2.96. The molecule has 0 spiro atoms. The fourth-order valence-electron chi connectivity index (χ4n) is 2.79. The number of carbonyl (C=O) groups is 1. The topological polar surface area (TPSA) is 117 Å². The minimum absolute atomic E-state index is 0.170. The standard InChI is InChI=1S/C21H20ClFN4O4.C2H6/c1-31-20-9-25-18(14-6-12(22)2-3-16(14)23)7-19(20)27-17-4-5-24-8-15(17)21(30)26-13(10-28)11-29;1-2/h2-9,13,28-29H,10-11H2,1H3,(H,26,30)(H,24,25,27);1-2H3. The van der Waals surface area contributed by atoms with Gasteiger partial charge in [-0.15, -0.1) is 0 Å². The Morgan fingerprint density at radius 1 is 1.15 bits per heavy atom. The van der Waals surface area contributed by atoms with Crippen LogP contribution in [0.25, 0.3) is 11.3 Å². The van der Waals surface area contributed by atoms with Crippen molar-refractivity contribution in [3.8, 4) is 17.0 Å². The van der Waals surface area contributed by atoms with Gasteiger partial charge in [0.2, 0.25) is 0 Å².